The van der Waals surface area contributed by atoms with Gasteiger partial charge < -0.3 is 5.73 Å². The number of nitrogens with two attached hydrogens (primary N) is 1. The second kappa shape index (κ2) is 9.27. The van der Waals surface area contributed by atoms with Crippen LogP contribution in [0, 0.1) is 40.4 Å². The van der Waals surface area contributed by atoms with Crippen LogP contribution in [-0.2, 0) is 0 Å². The van der Waals surface area contributed by atoms with E-state index in [1.807, 2.05) is 10.8 Å². The SMILES string of the molecule is CC1=CCC2C(CCC3(C)C(C(C)C)CCC23)C1(C)CCC(C)SSCCN. The highest BCUT2D eigenvalue weighted by Gasteiger charge is 2.57. The highest BCUT2D eigenvalue weighted by atomic mass is 33.1. The van der Waals surface area contributed by atoms with Crippen molar-refractivity contribution in [3.8, 4) is 0 Å². The summed E-state index contributed by atoms with van der Waals surface area (Å²) in [6, 6.07) is 0. The Morgan fingerprint density at radius 2 is 1.89 bits per heavy atom. The van der Waals surface area contributed by atoms with Crippen LogP contribution in [0.4, 0.5) is 0 Å². The van der Waals surface area contributed by atoms with Crippen LogP contribution in [0.5, 0.6) is 0 Å². The summed E-state index contributed by atoms with van der Waals surface area (Å²) in [4.78, 5) is 0. The fourth-order valence-corrected chi connectivity index (χ4v) is 9.73. The molecule has 0 aromatic carbocycles. The number of hydrogen-bond donors (Lipinski definition) is 1. The Hall–Kier alpha value is 0.400. The molecule has 162 valence electrons. The first kappa shape index (κ1) is 23.1. The molecule has 3 aliphatic carbocycles. The van der Waals surface area contributed by atoms with Gasteiger partial charge >= 0.3 is 0 Å². The first-order chi connectivity index (χ1) is 13.2. The molecule has 2 fully saturated rings. The molecule has 3 rings (SSSR count). The summed E-state index contributed by atoms with van der Waals surface area (Å²) in [5, 5.41) is 0.729. The minimum absolute atomic E-state index is 0.424. The third kappa shape index (κ3) is 4.24. The standard InChI is InChI=1S/C25H45NS2/c1-17(2)21-9-10-22-20-8-7-18(3)24(5,23(20)12-14-25(21,22)6)13-11-19(4)28-27-16-15-26/h7,17,19-23H,8-16,26H2,1-6H3. The van der Waals surface area contributed by atoms with Gasteiger partial charge in [-0.25, -0.2) is 0 Å². The zero-order valence-corrected chi connectivity index (χ0v) is 20.9. The Morgan fingerprint density at radius 3 is 2.57 bits per heavy atom. The summed E-state index contributed by atoms with van der Waals surface area (Å²) >= 11 is 0. The fourth-order valence-electron chi connectivity index (χ4n) is 7.53. The first-order valence-corrected chi connectivity index (χ1v) is 14.3. The van der Waals surface area contributed by atoms with Crippen molar-refractivity contribution < 1.29 is 0 Å². The van der Waals surface area contributed by atoms with E-state index >= 15 is 0 Å². The zero-order valence-electron chi connectivity index (χ0n) is 19.3. The van der Waals surface area contributed by atoms with Gasteiger partial charge in [-0.05, 0) is 92.3 Å². The predicted molar refractivity (Wildman–Crippen MR) is 130 cm³/mol. The molecule has 0 saturated heterocycles. The van der Waals surface area contributed by atoms with Crippen molar-refractivity contribution in [2.45, 2.75) is 91.7 Å². The highest BCUT2D eigenvalue weighted by Crippen LogP contribution is 2.66. The van der Waals surface area contributed by atoms with Gasteiger partial charge in [0, 0.05) is 17.5 Å². The van der Waals surface area contributed by atoms with Crippen LogP contribution in [0.25, 0.3) is 0 Å². The lowest BCUT2D eigenvalue weighted by Crippen LogP contribution is -2.49. The second-order valence-electron chi connectivity index (χ2n) is 10.9. The minimum Gasteiger partial charge on any atom is -0.330 e. The second-order valence-corrected chi connectivity index (χ2v) is 13.9. The Morgan fingerprint density at radius 1 is 1.14 bits per heavy atom. The highest BCUT2D eigenvalue weighted by molar-refractivity contribution is 8.76. The molecule has 1 nitrogen and oxygen atoms in total. The lowest BCUT2D eigenvalue weighted by atomic mass is 9.48. The first-order valence-electron chi connectivity index (χ1n) is 11.9. The van der Waals surface area contributed by atoms with Crippen molar-refractivity contribution >= 4 is 21.6 Å². The number of hydrogen-bond acceptors (Lipinski definition) is 3. The van der Waals surface area contributed by atoms with Crippen molar-refractivity contribution in [3.05, 3.63) is 11.6 Å². The van der Waals surface area contributed by atoms with Crippen molar-refractivity contribution in [2.24, 2.45) is 46.2 Å². The van der Waals surface area contributed by atoms with Gasteiger partial charge in [0.2, 0.25) is 0 Å². The maximum Gasteiger partial charge on any atom is 0.0160 e. The Bertz CT molecular complexity index is 559. The molecule has 0 heterocycles. The normalized spacial score (nSPS) is 41.5. The summed E-state index contributed by atoms with van der Waals surface area (Å²) in [5.41, 5.74) is 8.39. The van der Waals surface area contributed by atoms with Gasteiger partial charge in [0.25, 0.3) is 0 Å². The van der Waals surface area contributed by atoms with Crippen molar-refractivity contribution in [1.29, 1.82) is 0 Å². The molecule has 7 unspecified atom stereocenters. The molecule has 0 radical (unpaired) electrons. The molecule has 3 heteroatoms. The predicted octanol–water partition coefficient (Wildman–Crippen LogP) is 7.57. The lowest BCUT2D eigenvalue weighted by Gasteiger charge is -2.57. The van der Waals surface area contributed by atoms with E-state index in [2.05, 4.69) is 58.4 Å². The van der Waals surface area contributed by atoms with E-state index in [1.54, 1.807) is 5.57 Å². The van der Waals surface area contributed by atoms with Gasteiger partial charge in [-0.3, -0.25) is 0 Å². The van der Waals surface area contributed by atoms with E-state index in [9.17, 15) is 0 Å². The van der Waals surface area contributed by atoms with Crippen molar-refractivity contribution in [1.82, 2.24) is 0 Å². The van der Waals surface area contributed by atoms with Gasteiger partial charge in [-0.1, -0.05) is 67.9 Å². The maximum absolute atomic E-state index is 5.66. The molecule has 7 atom stereocenters. The minimum atomic E-state index is 0.424. The summed E-state index contributed by atoms with van der Waals surface area (Å²) < 4.78 is 0. The molecule has 0 aromatic heterocycles. The van der Waals surface area contributed by atoms with Gasteiger partial charge in [0.05, 0.1) is 0 Å². The Labute approximate surface area is 183 Å². The lowest BCUT2D eigenvalue weighted by molar-refractivity contribution is -0.0439. The van der Waals surface area contributed by atoms with E-state index in [4.69, 9.17) is 5.73 Å². The Kier molecular flexibility index (Phi) is 7.63. The summed E-state index contributed by atoms with van der Waals surface area (Å²) in [6.07, 6.45) is 12.6. The third-order valence-corrected chi connectivity index (χ3v) is 12.2. The van der Waals surface area contributed by atoms with E-state index in [1.165, 1.54) is 44.9 Å². The summed E-state index contributed by atoms with van der Waals surface area (Å²) in [7, 11) is 4.02. The number of rotatable bonds is 8. The van der Waals surface area contributed by atoms with Crippen LogP contribution < -0.4 is 5.73 Å². The molecule has 0 spiro atoms. The molecular formula is C25H45NS2. The third-order valence-electron chi connectivity index (χ3n) is 9.23. The molecule has 0 aromatic rings. The largest absolute Gasteiger partial charge is 0.330 e. The zero-order chi connectivity index (χ0) is 20.5. The monoisotopic (exact) mass is 423 g/mol. The van der Waals surface area contributed by atoms with Gasteiger partial charge in [0.1, 0.15) is 0 Å². The smallest absolute Gasteiger partial charge is 0.0160 e. The van der Waals surface area contributed by atoms with E-state index < -0.39 is 0 Å². The van der Waals surface area contributed by atoms with Crippen LogP contribution in [0.2, 0.25) is 0 Å². The van der Waals surface area contributed by atoms with Crippen molar-refractivity contribution in [2.75, 3.05) is 12.3 Å². The fraction of sp³-hybridized carbons (Fsp3) is 0.920. The van der Waals surface area contributed by atoms with Gasteiger partial charge in [-0.2, -0.15) is 0 Å². The van der Waals surface area contributed by atoms with Crippen LogP contribution in [-0.4, -0.2) is 17.5 Å². The molecule has 3 aliphatic rings. The molecular weight excluding hydrogens is 378 g/mol. The summed E-state index contributed by atoms with van der Waals surface area (Å²) in [6.45, 7) is 15.9. The molecule has 2 saturated carbocycles. The van der Waals surface area contributed by atoms with E-state index in [0.29, 0.717) is 10.8 Å². The van der Waals surface area contributed by atoms with Crippen molar-refractivity contribution in [3.63, 3.8) is 0 Å². The van der Waals surface area contributed by atoms with Crippen LogP contribution in [0.3, 0.4) is 0 Å². The number of fused-ring (bicyclic) bond motifs is 3. The maximum atomic E-state index is 5.66. The van der Waals surface area contributed by atoms with E-state index in [0.717, 1.165) is 47.1 Å². The van der Waals surface area contributed by atoms with E-state index in [-0.39, 0.29) is 0 Å². The van der Waals surface area contributed by atoms with Crippen LogP contribution in [0.15, 0.2) is 11.6 Å². The summed E-state index contributed by atoms with van der Waals surface area (Å²) in [5.74, 6) is 5.69. The average molecular weight is 424 g/mol. The topological polar surface area (TPSA) is 26.0 Å². The molecule has 0 aliphatic heterocycles. The Balaban J connectivity index is 1.71. The molecule has 0 bridgehead atoms. The molecule has 2 N–H and O–H groups in total. The van der Waals surface area contributed by atoms with Gasteiger partial charge in [-0.15, -0.1) is 0 Å². The average Bonchev–Trinajstić information content (AvgIpc) is 3.01. The van der Waals surface area contributed by atoms with Crippen LogP contribution >= 0.6 is 21.6 Å². The van der Waals surface area contributed by atoms with Gasteiger partial charge in [0.15, 0.2) is 0 Å². The quantitative estimate of drug-likeness (QED) is 0.248. The molecule has 0 amide bonds. The number of allylic oxidation sites excluding steroid dienone is 2. The molecule has 28 heavy (non-hydrogen) atoms. The van der Waals surface area contributed by atoms with Crippen LogP contribution in [0.1, 0.15) is 86.5 Å².